The third-order valence-electron chi connectivity index (χ3n) is 6.56. The van der Waals surface area contributed by atoms with Crippen LogP contribution in [-0.2, 0) is 4.74 Å². The van der Waals surface area contributed by atoms with Gasteiger partial charge in [0, 0.05) is 35.7 Å². The molecule has 1 aliphatic rings. The Balaban J connectivity index is 1.39. The van der Waals surface area contributed by atoms with Gasteiger partial charge in [0.05, 0.1) is 35.7 Å². The van der Waals surface area contributed by atoms with Crippen molar-refractivity contribution in [1.82, 2.24) is 19.9 Å². The van der Waals surface area contributed by atoms with E-state index >= 15 is 0 Å². The lowest BCUT2D eigenvalue weighted by atomic mass is 9.91. The van der Waals surface area contributed by atoms with Gasteiger partial charge in [-0.1, -0.05) is 13.8 Å². The average Bonchev–Trinajstić information content (AvgIpc) is 3.44. The SMILES string of the molecule is CC(C)C(C)(O)CO[C@H]1CC[C@H](NC(=O)c2cc(-n3ccnc3)cc3cc[nH]c23)CC1. The van der Waals surface area contributed by atoms with Crippen molar-refractivity contribution >= 4 is 16.8 Å². The zero-order chi connectivity index (χ0) is 22.0. The van der Waals surface area contributed by atoms with Gasteiger partial charge in [0.2, 0.25) is 0 Å². The van der Waals surface area contributed by atoms with Crippen LogP contribution < -0.4 is 5.32 Å². The molecule has 2 aromatic heterocycles. The Morgan fingerprint density at radius 3 is 2.81 bits per heavy atom. The first-order valence-corrected chi connectivity index (χ1v) is 11.1. The molecule has 1 unspecified atom stereocenters. The topological polar surface area (TPSA) is 92.2 Å². The number of carbonyl (C=O) groups excluding carboxylic acids is 1. The molecule has 0 spiro atoms. The fraction of sp³-hybridized carbons (Fsp3) is 0.500. The number of H-pyrrole nitrogens is 1. The van der Waals surface area contributed by atoms with Crippen molar-refractivity contribution in [3.05, 3.63) is 48.7 Å². The number of ether oxygens (including phenoxy) is 1. The number of hydrogen-bond donors (Lipinski definition) is 3. The third kappa shape index (κ3) is 4.83. The van der Waals surface area contributed by atoms with Gasteiger partial charge in [0.1, 0.15) is 0 Å². The number of aromatic amines is 1. The molecule has 2 heterocycles. The van der Waals surface area contributed by atoms with Gasteiger partial charge in [0.25, 0.3) is 5.91 Å². The van der Waals surface area contributed by atoms with Crippen molar-refractivity contribution in [3.63, 3.8) is 0 Å². The van der Waals surface area contributed by atoms with Gasteiger partial charge in [0.15, 0.2) is 0 Å². The summed E-state index contributed by atoms with van der Waals surface area (Å²) in [5, 5.41) is 14.6. The number of aliphatic hydroxyl groups is 1. The third-order valence-corrected chi connectivity index (χ3v) is 6.56. The lowest BCUT2D eigenvalue weighted by molar-refractivity contribution is -0.0941. The number of carbonyl (C=O) groups is 1. The van der Waals surface area contributed by atoms with Gasteiger partial charge in [-0.05, 0) is 56.7 Å². The maximum Gasteiger partial charge on any atom is 0.253 e. The highest BCUT2D eigenvalue weighted by atomic mass is 16.5. The number of nitrogens with zero attached hydrogens (tertiary/aromatic N) is 2. The van der Waals surface area contributed by atoms with E-state index in [1.165, 1.54) is 0 Å². The van der Waals surface area contributed by atoms with E-state index in [1.807, 2.05) is 55.9 Å². The van der Waals surface area contributed by atoms with Crippen molar-refractivity contribution in [2.24, 2.45) is 5.92 Å². The molecule has 3 N–H and O–H groups in total. The van der Waals surface area contributed by atoms with Gasteiger partial charge < -0.3 is 24.7 Å². The molecular formula is C24H32N4O3. The second-order valence-electron chi connectivity index (χ2n) is 9.18. The highest BCUT2D eigenvalue weighted by Gasteiger charge is 2.29. The molecule has 1 amide bonds. The summed E-state index contributed by atoms with van der Waals surface area (Å²) >= 11 is 0. The molecule has 3 aromatic rings. The molecular weight excluding hydrogens is 392 g/mol. The van der Waals surface area contributed by atoms with E-state index in [0.717, 1.165) is 42.3 Å². The van der Waals surface area contributed by atoms with Crippen LogP contribution in [0.4, 0.5) is 0 Å². The highest BCUT2D eigenvalue weighted by Crippen LogP contribution is 2.26. The van der Waals surface area contributed by atoms with Gasteiger partial charge in [-0.3, -0.25) is 4.79 Å². The monoisotopic (exact) mass is 424 g/mol. The van der Waals surface area contributed by atoms with Crippen molar-refractivity contribution < 1.29 is 14.6 Å². The molecule has 166 valence electrons. The van der Waals surface area contributed by atoms with E-state index in [-0.39, 0.29) is 24.0 Å². The molecule has 1 saturated carbocycles. The molecule has 1 fully saturated rings. The lowest BCUT2D eigenvalue weighted by Gasteiger charge is -2.33. The largest absolute Gasteiger partial charge is 0.388 e. The zero-order valence-electron chi connectivity index (χ0n) is 18.5. The Kier molecular flexibility index (Phi) is 6.16. The molecule has 0 saturated heterocycles. The quantitative estimate of drug-likeness (QED) is 0.538. The van der Waals surface area contributed by atoms with Gasteiger partial charge in [-0.25, -0.2) is 4.98 Å². The van der Waals surface area contributed by atoms with Crippen molar-refractivity contribution in [2.45, 2.75) is 64.2 Å². The first-order chi connectivity index (χ1) is 14.8. The summed E-state index contributed by atoms with van der Waals surface area (Å²) in [6, 6.07) is 6.04. The predicted octanol–water partition coefficient (Wildman–Crippen LogP) is 3.82. The highest BCUT2D eigenvalue weighted by molar-refractivity contribution is 6.06. The Labute approximate surface area is 182 Å². The number of benzene rings is 1. The first-order valence-electron chi connectivity index (χ1n) is 11.1. The minimum absolute atomic E-state index is 0.0680. The van der Waals surface area contributed by atoms with E-state index in [4.69, 9.17) is 4.74 Å². The second-order valence-corrected chi connectivity index (χ2v) is 9.18. The Bertz CT molecular complexity index is 1010. The van der Waals surface area contributed by atoms with Crippen molar-refractivity contribution in [1.29, 1.82) is 0 Å². The second kappa shape index (κ2) is 8.85. The molecule has 0 aliphatic heterocycles. The van der Waals surface area contributed by atoms with Crippen LogP contribution >= 0.6 is 0 Å². The van der Waals surface area contributed by atoms with E-state index in [0.29, 0.717) is 12.2 Å². The molecule has 7 nitrogen and oxygen atoms in total. The maximum absolute atomic E-state index is 13.1. The van der Waals surface area contributed by atoms with Crippen LogP contribution in [0.1, 0.15) is 56.8 Å². The number of fused-ring (bicyclic) bond motifs is 1. The Hall–Kier alpha value is -2.64. The van der Waals surface area contributed by atoms with E-state index in [9.17, 15) is 9.90 Å². The fourth-order valence-electron chi connectivity index (χ4n) is 3.99. The molecule has 7 heteroatoms. The summed E-state index contributed by atoms with van der Waals surface area (Å²) in [7, 11) is 0. The number of nitrogens with one attached hydrogen (secondary N) is 2. The number of imidazole rings is 1. The van der Waals surface area contributed by atoms with Crippen molar-refractivity contribution in [2.75, 3.05) is 6.61 Å². The fourth-order valence-corrected chi connectivity index (χ4v) is 3.99. The molecule has 1 aromatic carbocycles. The molecule has 0 radical (unpaired) electrons. The normalized spacial score (nSPS) is 21.3. The Morgan fingerprint density at radius 2 is 2.13 bits per heavy atom. The number of aromatic nitrogens is 3. The van der Waals surface area contributed by atoms with Gasteiger partial charge in [-0.15, -0.1) is 0 Å². The standard InChI is InChI=1S/C24H32N4O3/c1-16(2)24(3,30)14-31-20-6-4-18(5-7-20)27-23(29)21-13-19(28-11-10-25-15-28)12-17-8-9-26-22(17)21/h8-13,15-16,18,20,26,30H,4-7,14H2,1-3H3,(H,27,29)/t18-,20-,24?. The molecule has 0 bridgehead atoms. The number of rotatable bonds is 7. The van der Waals surface area contributed by atoms with Crippen LogP contribution in [0.15, 0.2) is 43.1 Å². The minimum atomic E-state index is -0.813. The first kappa shape index (κ1) is 21.6. The lowest BCUT2D eigenvalue weighted by Crippen LogP contribution is -2.42. The molecule has 1 atom stereocenters. The van der Waals surface area contributed by atoms with E-state index in [2.05, 4.69) is 15.3 Å². The summed E-state index contributed by atoms with van der Waals surface area (Å²) in [6.45, 7) is 6.17. The summed E-state index contributed by atoms with van der Waals surface area (Å²) in [4.78, 5) is 20.4. The van der Waals surface area contributed by atoms with Gasteiger partial charge in [-0.2, -0.15) is 0 Å². The number of hydrogen-bond acceptors (Lipinski definition) is 4. The number of amides is 1. The van der Waals surface area contributed by atoms with Crippen LogP contribution in [0.25, 0.3) is 16.6 Å². The summed E-state index contributed by atoms with van der Waals surface area (Å²) in [6.07, 6.45) is 10.8. The van der Waals surface area contributed by atoms with Crippen LogP contribution in [-0.4, -0.2) is 49.9 Å². The predicted molar refractivity (Wildman–Crippen MR) is 120 cm³/mol. The summed E-state index contributed by atoms with van der Waals surface area (Å²) in [5.41, 5.74) is 1.57. The summed E-state index contributed by atoms with van der Waals surface area (Å²) < 4.78 is 7.88. The zero-order valence-corrected chi connectivity index (χ0v) is 18.5. The molecule has 4 rings (SSSR count). The van der Waals surface area contributed by atoms with Crippen LogP contribution in [0.5, 0.6) is 0 Å². The van der Waals surface area contributed by atoms with Crippen LogP contribution in [0, 0.1) is 5.92 Å². The van der Waals surface area contributed by atoms with E-state index in [1.54, 1.807) is 12.5 Å². The molecule has 31 heavy (non-hydrogen) atoms. The van der Waals surface area contributed by atoms with Crippen LogP contribution in [0.3, 0.4) is 0 Å². The average molecular weight is 425 g/mol. The smallest absolute Gasteiger partial charge is 0.253 e. The van der Waals surface area contributed by atoms with E-state index < -0.39 is 5.60 Å². The minimum Gasteiger partial charge on any atom is -0.388 e. The maximum atomic E-state index is 13.1. The van der Waals surface area contributed by atoms with Crippen LogP contribution in [0.2, 0.25) is 0 Å². The van der Waals surface area contributed by atoms with Gasteiger partial charge >= 0.3 is 0 Å². The Morgan fingerprint density at radius 1 is 1.35 bits per heavy atom. The summed E-state index contributed by atoms with van der Waals surface area (Å²) in [5.74, 6) is 0.0764. The molecule has 1 aliphatic carbocycles. The van der Waals surface area contributed by atoms with Crippen molar-refractivity contribution in [3.8, 4) is 5.69 Å².